The number of rotatable bonds is 8. The second kappa shape index (κ2) is 9.55. The van der Waals surface area contributed by atoms with Crippen LogP contribution in [0.3, 0.4) is 0 Å². The fourth-order valence-corrected chi connectivity index (χ4v) is 2.34. The lowest BCUT2D eigenvalue weighted by atomic mass is 10.0. The number of esters is 1. The normalized spacial score (nSPS) is 11.6. The molecule has 7 heteroatoms. The second-order valence-electron chi connectivity index (χ2n) is 6.58. The molecule has 0 aromatic heterocycles. The Morgan fingerprint density at radius 2 is 1.57 bits per heavy atom. The second-order valence-corrected chi connectivity index (χ2v) is 6.58. The molecule has 0 aliphatic carbocycles. The summed E-state index contributed by atoms with van der Waals surface area (Å²) in [7, 11) is 0. The highest BCUT2D eigenvalue weighted by atomic mass is 16.6. The lowest BCUT2D eigenvalue weighted by Crippen LogP contribution is -2.31. The van der Waals surface area contributed by atoms with Gasteiger partial charge in [-0.2, -0.15) is 0 Å². The Balaban J connectivity index is 1.80. The van der Waals surface area contributed by atoms with Crippen molar-refractivity contribution >= 4 is 23.5 Å². The molecule has 2 amide bonds. The maximum atomic E-state index is 12.1. The van der Waals surface area contributed by atoms with E-state index < -0.39 is 23.9 Å². The van der Waals surface area contributed by atoms with E-state index in [9.17, 15) is 14.4 Å². The van der Waals surface area contributed by atoms with Crippen LogP contribution >= 0.6 is 0 Å². The molecular formula is C21H24N2O5. The van der Waals surface area contributed by atoms with Gasteiger partial charge in [0.15, 0.2) is 12.7 Å². The molecule has 0 heterocycles. The van der Waals surface area contributed by atoms with E-state index in [4.69, 9.17) is 15.2 Å². The first kappa shape index (κ1) is 21.0. The Hall–Kier alpha value is -3.35. The van der Waals surface area contributed by atoms with E-state index in [1.807, 2.05) is 12.1 Å². The van der Waals surface area contributed by atoms with Crippen LogP contribution in [0.25, 0.3) is 0 Å². The zero-order valence-electron chi connectivity index (χ0n) is 16.1. The first-order valence-electron chi connectivity index (χ1n) is 8.89. The van der Waals surface area contributed by atoms with Crippen molar-refractivity contribution in [2.24, 2.45) is 5.73 Å². The van der Waals surface area contributed by atoms with Crippen LogP contribution in [-0.2, 0) is 14.3 Å². The van der Waals surface area contributed by atoms with E-state index in [0.29, 0.717) is 22.9 Å². The summed E-state index contributed by atoms with van der Waals surface area (Å²) < 4.78 is 10.5. The van der Waals surface area contributed by atoms with Gasteiger partial charge in [-0.15, -0.1) is 0 Å². The van der Waals surface area contributed by atoms with Crippen LogP contribution in [0.5, 0.6) is 5.75 Å². The van der Waals surface area contributed by atoms with Gasteiger partial charge in [-0.3, -0.25) is 9.59 Å². The number of anilines is 1. The van der Waals surface area contributed by atoms with Gasteiger partial charge in [-0.1, -0.05) is 26.0 Å². The number of hydrogen-bond donors (Lipinski definition) is 2. The summed E-state index contributed by atoms with van der Waals surface area (Å²) in [5, 5.41) is 2.59. The van der Waals surface area contributed by atoms with Gasteiger partial charge in [-0.05, 0) is 54.8 Å². The molecule has 2 aromatic rings. The topological polar surface area (TPSA) is 108 Å². The number of nitrogens with one attached hydrogen (secondary N) is 1. The van der Waals surface area contributed by atoms with Crippen molar-refractivity contribution in [3.05, 3.63) is 59.7 Å². The number of benzene rings is 2. The van der Waals surface area contributed by atoms with Gasteiger partial charge in [0.25, 0.3) is 5.91 Å². The Bertz CT molecular complexity index is 829. The summed E-state index contributed by atoms with van der Waals surface area (Å²) in [6, 6.07) is 13.5. The molecule has 0 aliphatic rings. The van der Waals surface area contributed by atoms with Crippen molar-refractivity contribution in [1.29, 1.82) is 0 Å². The van der Waals surface area contributed by atoms with Gasteiger partial charge in [0, 0.05) is 11.3 Å². The van der Waals surface area contributed by atoms with Crippen molar-refractivity contribution in [3.63, 3.8) is 0 Å². The number of amides is 2. The monoisotopic (exact) mass is 384 g/mol. The van der Waals surface area contributed by atoms with Crippen molar-refractivity contribution in [2.45, 2.75) is 32.8 Å². The Morgan fingerprint density at radius 3 is 2.11 bits per heavy atom. The Kier molecular flexibility index (Phi) is 7.14. The van der Waals surface area contributed by atoms with Crippen LogP contribution in [0.2, 0.25) is 0 Å². The summed E-state index contributed by atoms with van der Waals surface area (Å²) in [5.41, 5.74) is 7.12. The fourth-order valence-electron chi connectivity index (χ4n) is 2.34. The van der Waals surface area contributed by atoms with Gasteiger partial charge in [0.1, 0.15) is 5.75 Å². The molecule has 0 fully saturated rings. The summed E-state index contributed by atoms with van der Waals surface area (Å²) in [6.07, 6.45) is -1.00. The van der Waals surface area contributed by atoms with E-state index in [-0.39, 0.29) is 6.61 Å². The first-order chi connectivity index (χ1) is 13.3. The fraction of sp³-hybridized carbons (Fsp3) is 0.286. The lowest BCUT2D eigenvalue weighted by Gasteiger charge is -2.14. The van der Waals surface area contributed by atoms with E-state index in [1.165, 1.54) is 36.8 Å². The van der Waals surface area contributed by atoms with E-state index in [0.717, 1.165) is 0 Å². The highest BCUT2D eigenvalue weighted by molar-refractivity contribution is 5.96. The minimum absolute atomic E-state index is 0.300. The minimum atomic E-state index is -1.00. The number of ether oxygens (including phenoxy) is 2. The van der Waals surface area contributed by atoms with Gasteiger partial charge >= 0.3 is 5.97 Å². The molecule has 0 bridgehead atoms. The zero-order chi connectivity index (χ0) is 20.7. The summed E-state index contributed by atoms with van der Waals surface area (Å²) >= 11 is 0. The predicted octanol–water partition coefficient (Wildman–Crippen LogP) is 2.86. The highest BCUT2D eigenvalue weighted by Gasteiger charge is 2.18. The van der Waals surface area contributed by atoms with Gasteiger partial charge in [-0.25, -0.2) is 4.79 Å². The highest BCUT2D eigenvalue weighted by Crippen LogP contribution is 2.18. The zero-order valence-corrected chi connectivity index (χ0v) is 16.1. The molecule has 0 aliphatic heterocycles. The molecule has 28 heavy (non-hydrogen) atoms. The summed E-state index contributed by atoms with van der Waals surface area (Å²) in [5.74, 6) is -0.751. The molecule has 3 N–H and O–H groups in total. The number of nitrogens with two attached hydrogens (primary N) is 1. The predicted molar refractivity (Wildman–Crippen MR) is 105 cm³/mol. The third-order valence-corrected chi connectivity index (χ3v) is 4.02. The van der Waals surface area contributed by atoms with Crippen LogP contribution < -0.4 is 15.8 Å². The SMILES string of the molecule is CC(C)c1ccc(OCC(=O)O[C@@H](C)C(=O)Nc2ccc(C(N)=O)cc2)cc1. The molecule has 0 spiro atoms. The van der Waals surface area contributed by atoms with Crippen LogP contribution in [0.15, 0.2) is 48.5 Å². The molecule has 0 saturated heterocycles. The van der Waals surface area contributed by atoms with Crippen LogP contribution in [0.4, 0.5) is 5.69 Å². The van der Waals surface area contributed by atoms with E-state index in [2.05, 4.69) is 19.2 Å². The molecule has 0 unspecified atom stereocenters. The van der Waals surface area contributed by atoms with Crippen molar-refractivity contribution in [3.8, 4) is 5.75 Å². The number of hydrogen-bond acceptors (Lipinski definition) is 5. The average Bonchev–Trinajstić information content (AvgIpc) is 2.67. The maximum absolute atomic E-state index is 12.1. The molecule has 148 valence electrons. The van der Waals surface area contributed by atoms with Crippen molar-refractivity contribution < 1.29 is 23.9 Å². The standard InChI is InChI=1S/C21H24N2O5/c1-13(2)15-6-10-18(11-7-15)27-12-19(24)28-14(3)21(26)23-17-8-4-16(5-9-17)20(22)25/h4-11,13-14H,12H2,1-3H3,(H2,22,25)(H,23,26)/t14-/m0/s1. The largest absolute Gasteiger partial charge is 0.482 e. The summed E-state index contributed by atoms with van der Waals surface area (Å²) in [6.45, 7) is 5.34. The molecule has 1 atom stereocenters. The minimum Gasteiger partial charge on any atom is -0.482 e. The molecule has 0 radical (unpaired) electrons. The van der Waals surface area contributed by atoms with Crippen LogP contribution in [0.1, 0.15) is 42.6 Å². The van der Waals surface area contributed by atoms with Gasteiger partial charge in [0.2, 0.25) is 5.91 Å². The molecular weight excluding hydrogens is 360 g/mol. The Morgan fingerprint density at radius 1 is 0.964 bits per heavy atom. The van der Waals surface area contributed by atoms with Crippen LogP contribution in [-0.4, -0.2) is 30.5 Å². The smallest absolute Gasteiger partial charge is 0.344 e. The number of carbonyl (C=O) groups excluding carboxylic acids is 3. The van der Waals surface area contributed by atoms with E-state index >= 15 is 0 Å². The van der Waals surface area contributed by atoms with Crippen LogP contribution in [0, 0.1) is 0 Å². The molecule has 2 rings (SSSR count). The maximum Gasteiger partial charge on any atom is 0.344 e. The number of primary amides is 1. The van der Waals surface area contributed by atoms with Gasteiger partial charge in [0.05, 0.1) is 0 Å². The molecule has 0 saturated carbocycles. The van der Waals surface area contributed by atoms with Crippen molar-refractivity contribution in [1.82, 2.24) is 0 Å². The third-order valence-electron chi connectivity index (χ3n) is 4.02. The summed E-state index contributed by atoms with van der Waals surface area (Å²) in [4.78, 5) is 35.1. The first-order valence-corrected chi connectivity index (χ1v) is 8.89. The average molecular weight is 384 g/mol. The van der Waals surface area contributed by atoms with Gasteiger partial charge < -0.3 is 20.5 Å². The lowest BCUT2D eigenvalue weighted by molar-refractivity contribution is -0.155. The van der Waals surface area contributed by atoms with Crippen molar-refractivity contribution in [2.75, 3.05) is 11.9 Å². The number of carbonyl (C=O) groups is 3. The molecule has 7 nitrogen and oxygen atoms in total. The van der Waals surface area contributed by atoms with E-state index in [1.54, 1.807) is 12.1 Å². The third kappa shape index (κ3) is 6.12. The molecule has 2 aromatic carbocycles. The Labute approximate surface area is 163 Å². The quantitative estimate of drug-likeness (QED) is 0.681.